The summed E-state index contributed by atoms with van der Waals surface area (Å²) < 4.78 is 0. The maximum atomic E-state index is 0. The Hall–Kier alpha value is 5.91. The van der Waals surface area contributed by atoms with Crippen molar-refractivity contribution in [3.8, 4) is 0 Å². The second kappa shape index (κ2) is 30.7. The first-order valence-corrected chi connectivity index (χ1v) is 0. The summed E-state index contributed by atoms with van der Waals surface area (Å²) >= 11 is 0. The van der Waals surface area contributed by atoms with Crippen LogP contribution in [-0.2, 0) is 36.0 Å². The van der Waals surface area contributed by atoms with Crippen molar-refractivity contribution in [3.63, 3.8) is 0 Å². The monoisotopic (exact) mass is 463 g/mol. The average Bonchev–Trinajstić information content (AvgIpc) is 0. The van der Waals surface area contributed by atoms with Crippen molar-refractivity contribution in [3.05, 3.63) is 0 Å². The molecule has 0 fully saturated rings. The third-order valence-corrected chi connectivity index (χ3v) is 0. The van der Waals surface area contributed by atoms with Crippen LogP contribution in [0.5, 0.6) is 0 Å². The van der Waals surface area contributed by atoms with Crippen molar-refractivity contribution in [2.45, 2.75) is 0 Å². The molecule has 0 aromatic carbocycles. The van der Waals surface area contributed by atoms with Gasteiger partial charge in [0.15, 0.2) is 0 Å². The second-order valence-corrected chi connectivity index (χ2v) is 0. The van der Waals surface area contributed by atoms with E-state index in [0.29, 0.717) is 0 Å². The molecule has 0 unspecified atom stereocenters. The van der Waals surface area contributed by atoms with Crippen LogP contribution in [0.1, 0.15) is 0 Å². The Labute approximate surface area is 175 Å². The Kier molecular flexibility index (Phi) is 208. The van der Waals surface area contributed by atoms with E-state index in [1.54, 1.807) is 0 Å². The summed E-state index contributed by atoms with van der Waals surface area (Å²) in [7, 11) is 0. The van der Waals surface area contributed by atoms with Crippen LogP contribution in [0.2, 0.25) is 0 Å². The zero-order valence-corrected chi connectivity index (χ0v) is 19.4. The molecule has 0 amide bonds. The van der Waals surface area contributed by atoms with Crippen LogP contribution in [0.4, 0.5) is 0 Å². The number of hydrogen-bond acceptors (Lipinski definition) is 0. The van der Waals surface area contributed by atoms with Crippen molar-refractivity contribution >= 4 is 110 Å². The van der Waals surface area contributed by atoms with Crippen LogP contribution in [0.3, 0.4) is 0 Å². The molecule has 0 heterocycles. The standard InChI is InChI=1S/Ba.Ca.La.Mg.Ni.Zn. The van der Waals surface area contributed by atoms with Crippen molar-refractivity contribution in [1.29, 1.82) is 0 Å². The smallest absolute Gasteiger partial charge is 0 e. The molecule has 0 aliphatic carbocycles. The third kappa shape index (κ3) is 22.5. The van der Waals surface area contributed by atoms with E-state index in [1.807, 2.05) is 0 Å². The molecule has 6 heavy (non-hydrogen) atoms. The molecule has 21 valence electrons. The van der Waals surface area contributed by atoms with Crippen LogP contribution in [-0.4, -0.2) is 110 Å². The van der Waals surface area contributed by atoms with Gasteiger partial charge in [-0.1, -0.05) is 0 Å². The summed E-state index contributed by atoms with van der Waals surface area (Å²) in [5.41, 5.74) is 0. The molecule has 0 aromatic heterocycles. The normalized spacial score (nSPS) is 0. The third-order valence-electron chi connectivity index (χ3n) is 0. The van der Waals surface area contributed by atoms with Gasteiger partial charge >= 0.3 is 0 Å². The Morgan fingerprint density at radius 1 is 1.00 bits per heavy atom. The zero-order chi connectivity index (χ0) is 0. The molecule has 0 aliphatic rings. The quantitative estimate of drug-likeness (QED) is 0.398. The van der Waals surface area contributed by atoms with E-state index in [-0.39, 0.29) is 181 Å². The number of hydrogen-bond donors (Lipinski definition) is 0. The Balaban J connectivity index is 0. The summed E-state index contributed by atoms with van der Waals surface area (Å²) in [5, 5.41) is 0. The summed E-state index contributed by atoms with van der Waals surface area (Å²) in [6, 6.07) is 0. The molecular formula is BaCaLaMgNiZn. The molecule has 0 rings (SSSR count). The fourth-order valence-corrected chi connectivity index (χ4v) is 0. The van der Waals surface area contributed by atoms with Gasteiger partial charge in [0, 0.05) is 181 Å². The molecule has 0 spiro atoms. The molecule has 6 heteroatoms. The maximum absolute atomic E-state index is 0. The minimum absolute atomic E-state index is 0. The summed E-state index contributed by atoms with van der Waals surface area (Å²) in [6.07, 6.45) is 0. The molecule has 0 aliphatic heterocycles. The van der Waals surface area contributed by atoms with Gasteiger partial charge in [0.05, 0.1) is 0 Å². The van der Waals surface area contributed by atoms with Crippen LogP contribution in [0, 0.1) is 35.6 Å². The Bertz CT molecular complexity index is 15.5. The van der Waals surface area contributed by atoms with Crippen molar-refractivity contribution in [2.75, 3.05) is 0 Å². The first-order valence-electron chi connectivity index (χ1n) is 0. The van der Waals surface area contributed by atoms with Gasteiger partial charge in [0.2, 0.25) is 0 Å². The molecule has 0 nitrogen and oxygen atoms in total. The molecule has 0 atom stereocenters. The van der Waals surface area contributed by atoms with Gasteiger partial charge in [0.25, 0.3) is 0 Å². The largest absolute Gasteiger partial charge is 0 e. The van der Waals surface area contributed by atoms with E-state index < -0.39 is 0 Å². The van der Waals surface area contributed by atoms with Crippen LogP contribution in [0.15, 0.2) is 0 Å². The van der Waals surface area contributed by atoms with Crippen molar-refractivity contribution in [2.24, 2.45) is 0 Å². The summed E-state index contributed by atoms with van der Waals surface area (Å²) in [4.78, 5) is 0. The fourth-order valence-electron chi connectivity index (χ4n) is 0. The zero-order valence-electron chi connectivity index (χ0n) is 3.72. The summed E-state index contributed by atoms with van der Waals surface area (Å²) in [6.45, 7) is 0. The van der Waals surface area contributed by atoms with Gasteiger partial charge in [0.1, 0.15) is 0 Å². The van der Waals surface area contributed by atoms with Crippen molar-refractivity contribution < 1.29 is 71.6 Å². The van der Waals surface area contributed by atoms with Gasteiger partial charge in [-0.15, -0.1) is 0 Å². The van der Waals surface area contributed by atoms with E-state index in [9.17, 15) is 0 Å². The van der Waals surface area contributed by atoms with E-state index in [0.717, 1.165) is 0 Å². The first kappa shape index (κ1) is 40.6. The average molecular weight is 465 g/mol. The van der Waals surface area contributed by atoms with Gasteiger partial charge in [-0.25, -0.2) is 0 Å². The predicted octanol–water partition coefficient (Wildman–Crippen LogP) is -1.15. The fraction of sp³-hybridized carbons (Fsp3) is 0. The Morgan fingerprint density at radius 3 is 1.00 bits per heavy atom. The molecule has 0 saturated heterocycles. The number of rotatable bonds is 0. The Morgan fingerprint density at radius 2 is 1.00 bits per heavy atom. The van der Waals surface area contributed by atoms with E-state index in [2.05, 4.69) is 0 Å². The van der Waals surface area contributed by atoms with Crippen LogP contribution in [0.25, 0.3) is 0 Å². The summed E-state index contributed by atoms with van der Waals surface area (Å²) in [5.74, 6) is 0. The van der Waals surface area contributed by atoms with Gasteiger partial charge in [-0.3, -0.25) is 0 Å². The SMILES string of the molecule is [Ba].[Ca].[La].[Mg].[Ni].[Zn]. The van der Waals surface area contributed by atoms with Crippen LogP contribution < -0.4 is 0 Å². The molecule has 0 bridgehead atoms. The molecule has 0 N–H and O–H groups in total. The van der Waals surface area contributed by atoms with E-state index in [1.165, 1.54) is 0 Å². The topological polar surface area (TPSA) is 0 Å². The molecular weight excluding hydrogens is 465 g/mol. The van der Waals surface area contributed by atoms with Crippen LogP contribution >= 0.6 is 0 Å². The first-order chi connectivity index (χ1) is 0. The molecule has 0 aromatic rings. The van der Waals surface area contributed by atoms with E-state index >= 15 is 0 Å². The van der Waals surface area contributed by atoms with Crippen molar-refractivity contribution in [1.82, 2.24) is 0 Å². The van der Waals surface area contributed by atoms with Gasteiger partial charge < -0.3 is 0 Å². The van der Waals surface area contributed by atoms with E-state index in [4.69, 9.17) is 0 Å². The predicted molar refractivity (Wildman–Crippen MR) is 17.3 cm³/mol. The van der Waals surface area contributed by atoms with Gasteiger partial charge in [-0.05, 0) is 0 Å². The minimum atomic E-state index is 0. The molecule has 7 radical (unpaired) electrons. The molecule has 0 saturated carbocycles. The maximum Gasteiger partial charge on any atom is 0 e. The van der Waals surface area contributed by atoms with Gasteiger partial charge in [-0.2, -0.15) is 0 Å². The second-order valence-electron chi connectivity index (χ2n) is 0. The minimum Gasteiger partial charge on any atom is 0 e.